The maximum atomic E-state index is 13.6. The summed E-state index contributed by atoms with van der Waals surface area (Å²) in [5.41, 5.74) is 2.10. The molecule has 2 aromatic carbocycles. The first-order valence-electron chi connectivity index (χ1n) is 10.6. The summed E-state index contributed by atoms with van der Waals surface area (Å²) in [7, 11) is 3.14. The molecule has 0 N–H and O–H groups in total. The molecule has 7 nitrogen and oxygen atoms in total. The number of aromatic nitrogens is 1. The minimum Gasteiger partial charge on any atom is -0.497 e. The lowest BCUT2D eigenvalue weighted by molar-refractivity contribution is -0.138. The smallest absolute Gasteiger partial charge is 0.338 e. The Hall–Kier alpha value is -3.91. The molecule has 0 aliphatic carbocycles. The van der Waals surface area contributed by atoms with E-state index in [0.29, 0.717) is 32.1 Å². The summed E-state index contributed by atoms with van der Waals surface area (Å²) in [6.07, 6.45) is 3.27. The number of hydrogen-bond donors (Lipinski definition) is 0. The first-order chi connectivity index (χ1) is 16.5. The molecule has 174 valence electrons. The minimum absolute atomic E-state index is 0.0683. The Morgan fingerprint density at radius 3 is 2.62 bits per heavy atom. The third kappa shape index (κ3) is 4.32. The van der Waals surface area contributed by atoms with Gasteiger partial charge in [-0.2, -0.15) is 0 Å². The lowest BCUT2D eigenvalue weighted by Gasteiger charge is -2.24. The van der Waals surface area contributed by atoms with Gasteiger partial charge in [-0.15, -0.1) is 0 Å². The van der Waals surface area contributed by atoms with Gasteiger partial charge in [-0.3, -0.25) is 9.36 Å². The molecule has 0 radical (unpaired) electrons. The molecule has 0 saturated carbocycles. The molecule has 34 heavy (non-hydrogen) atoms. The van der Waals surface area contributed by atoms with Crippen LogP contribution < -0.4 is 24.4 Å². The van der Waals surface area contributed by atoms with E-state index in [-0.39, 0.29) is 12.2 Å². The van der Waals surface area contributed by atoms with E-state index < -0.39 is 12.0 Å². The number of methoxy groups -OCH3 is 2. The molecular formula is C26H24N2O5S. The summed E-state index contributed by atoms with van der Waals surface area (Å²) < 4.78 is 18.1. The van der Waals surface area contributed by atoms with Gasteiger partial charge in [-0.1, -0.05) is 54.3 Å². The second-order valence-corrected chi connectivity index (χ2v) is 8.50. The highest BCUT2D eigenvalue weighted by Gasteiger charge is 2.33. The van der Waals surface area contributed by atoms with Crippen LogP contribution in [0.5, 0.6) is 11.5 Å². The van der Waals surface area contributed by atoms with Crippen LogP contribution in [0.3, 0.4) is 0 Å². The van der Waals surface area contributed by atoms with Crippen molar-refractivity contribution in [2.24, 2.45) is 4.99 Å². The third-order valence-electron chi connectivity index (χ3n) is 5.42. The van der Waals surface area contributed by atoms with Crippen molar-refractivity contribution >= 4 is 23.4 Å². The van der Waals surface area contributed by atoms with E-state index in [4.69, 9.17) is 14.2 Å². The first-order valence-corrected chi connectivity index (χ1v) is 11.4. The zero-order valence-corrected chi connectivity index (χ0v) is 19.9. The molecule has 1 atom stereocenters. The summed E-state index contributed by atoms with van der Waals surface area (Å²) in [4.78, 5) is 31.7. The Morgan fingerprint density at radius 2 is 1.94 bits per heavy atom. The zero-order chi connectivity index (χ0) is 24.2. The SMILES string of the molecule is C=CCOC(=O)C1=C(C)N=c2s/c(=C\c3ccc(OC)cc3OC)c(=O)n2C1c1ccccc1. The minimum atomic E-state index is -0.658. The van der Waals surface area contributed by atoms with Gasteiger partial charge in [0.1, 0.15) is 18.1 Å². The van der Waals surface area contributed by atoms with Gasteiger partial charge in [-0.05, 0) is 30.7 Å². The van der Waals surface area contributed by atoms with Crippen LogP contribution in [-0.4, -0.2) is 31.4 Å². The Balaban J connectivity index is 1.92. The number of carbonyl (C=O) groups excluding carboxylic acids is 1. The molecule has 0 bridgehead atoms. The van der Waals surface area contributed by atoms with Crippen LogP contribution in [0.1, 0.15) is 24.1 Å². The van der Waals surface area contributed by atoms with Crippen molar-refractivity contribution in [1.82, 2.24) is 4.57 Å². The summed E-state index contributed by atoms with van der Waals surface area (Å²) in [6.45, 7) is 5.42. The van der Waals surface area contributed by atoms with E-state index in [1.807, 2.05) is 36.4 Å². The predicted octanol–water partition coefficient (Wildman–Crippen LogP) is 2.98. The van der Waals surface area contributed by atoms with Gasteiger partial charge in [0.25, 0.3) is 5.56 Å². The number of hydrogen-bond acceptors (Lipinski definition) is 7. The van der Waals surface area contributed by atoms with Gasteiger partial charge in [0.15, 0.2) is 4.80 Å². The number of ether oxygens (including phenoxy) is 3. The van der Waals surface area contributed by atoms with Crippen molar-refractivity contribution in [2.45, 2.75) is 13.0 Å². The van der Waals surface area contributed by atoms with Crippen LogP contribution in [-0.2, 0) is 9.53 Å². The summed E-state index contributed by atoms with van der Waals surface area (Å²) in [6, 6.07) is 14.1. The van der Waals surface area contributed by atoms with Gasteiger partial charge < -0.3 is 14.2 Å². The molecule has 0 saturated heterocycles. The molecule has 8 heteroatoms. The number of carbonyl (C=O) groups is 1. The quantitative estimate of drug-likeness (QED) is 0.387. The molecule has 0 amide bonds. The molecule has 3 aromatic rings. The summed E-state index contributed by atoms with van der Waals surface area (Å²) >= 11 is 1.26. The highest BCUT2D eigenvalue weighted by molar-refractivity contribution is 7.07. The predicted molar refractivity (Wildman–Crippen MR) is 131 cm³/mol. The molecule has 1 aliphatic rings. The first kappa shape index (κ1) is 23.3. The fourth-order valence-electron chi connectivity index (χ4n) is 3.82. The van der Waals surface area contributed by atoms with Crippen LogP contribution in [0.25, 0.3) is 6.08 Å². The Labute approximate surface area is 200 Å². The second-order valence-electron chi connectivity index (χ2n) is 7.49. The number of thiazole rings is 1. The molecular weight excluding hydrogens is 452 g/mol. The van der Waals surface area contributed by atoms with E-state index >= 15 is 0 Å². The van der Waals surface area contributed by atoms with Crippen LogP contribution in [0, 0.1) is 0 Å². The number of nitrogens with zero attached hydrogens (tertiary/aromatic N) is 2. The Morgan fingerprint density at radius 1 is 1.18 bits per heavy atom. The van der Waals surface area contributed by atoms with E-state index in [2.05, 4.69) is 11.6 Å². The second kappa shape index (κ2) is 9.93. The van der Waals surface area contributed by atoms with Crippen LogP contribution in [0.15, 0.2) is 82.2 Å². The molecule has 0 spiro atoms. The third-order valence-corrected chi connectivity index (χ3v) is 6.40. The van der Waals surface area contributed by atoms with Gasteiger partial charge >= 0.3 is 5.97 Å². The Bertz CT molecular complexity index is 1450. The highest BCUT2D eigenvalue weighted by Crippen LogP contribution is 2.30. The normalized spacial score (nSPS) is 15.4. The van der Waals surface area contributed by atoms with Crippen molar-refractivity contribution < 1.29 is 19.0 Å². The number of allylic oxidation sites excluding steroid dienone is 1. The topological polar surface area (TPSA) is 79.1 Å². The number of rotatable bonds is 7. The molecule has 1 unspecified atom stereocenters. The number of fused-ring (bicyclic) bond motifs is 1. The van der Waals surface area contributed by atoms with Crippen LogP contribution >= 0.6 is 11.3 Å². The molecule has 1 aliphatic heterocycles. The average molecular weight is 477 g/mol. The van der Waals surface area contributed by atoms with Crippen molar-refractivity contribution in [1.29, 1.82) is 0 Å². The van der Waals surface area contributed by atoms with Gasteiger partial charge in [0, 0.05) is 11.6 Å². The largest absolute Gasteiger partial charge is 0.497 e. The van der Waals surface area contributed by atoms with E-state index in [0.717, 1.165) is 11.1 Å². The lowest BCUT2D eigenvalue weighted by atomic mass is 9.96. The van der Waals surface area contributed by atoms with Crippen LogP contribution in [0.4, 0.5) is 0 Å². The van der Waals surface area contributed by atoms with Crippen molar-refractivity contribution in [3.63, 3.8) is 0 Å². The van der Waals surface area contributed by atoms with Gasteiger partial charge in [0.05, 0.1) is 36.1 Å². The van der Waals surface area contributed by atoms with Crippen LogP contribution in [0.2, 0.25) is 0 Å². The van der Waals surface area contributed by atoms with E-state index in [9.17, 15) is 9.59 Å². The summed E-state index contributed by atoms with van der Waals surface area (Å²) in [5.74, 6) is 0.702. The van der Waals surface area contributed by atoms with E-state index in [1.165, 1.54) is 17.4 Å². The highest BCUT2D eigenvalue weighted by atomic mass is 32.1. The zero-order valence-electron chi connectivity index (χ0n) is 19.1. The number of benzene rings is 2. The van der Waals surface area contributed by atoms with Gasteiger partial charge in [-0.25, -0.2) is 9.79 Å². The average Bonchev–Trinajstić information content (AvgIpc) is 3.16. The van der Waals surface area contributed by atoms with Crippen molar-refractivity contribution in [3.05, 3.63) is 103 Å². The lowest BCUT2D eigenvalue weighted by Crippen LogP contribution is -2.39. The molecule has 4 rings (SSSR count). The maximum absolute atomic E-state index is 13.6. The fourth-order valence-corrected chi connectivity index (χ4v) is 4.86. The molecule has 1 aromatic heterocycles. The summed E-state index contributed by atoms with van der Waals surface area (Å²) in [5, 5.41) is 0. The van der Waals surface area contributed by atoms with Gasteiger partial charge in [0.2, 0.25) is 0 Å². The van der Waals surface area contributed by atoms with Crippen molar-refractivity contribution in [3.8, 4) is 11.5 Å². The van der Waals surface area contributed by atoms with E-state index in [1.54, 1.807) is 43.9 Å². The monoisotopic (exact) mass is 476 g/mol. The molecule has 0 fully saturated rings. The Kier molecular flexibility index (Phi) is 6.79. The standard InChI is InChI=1S/C26H24N2O5S/c1-5-13-33-25(30)22-16(2)27-26-28(23(22)17-9-7-6-8-10-17)24(29)21(34-26)14-18-11-12-19(31-3)15-20(18)32-4/h5-12,14-15,23H,1,13H2,2-4H3/b21-14-. The maximum Gasteiger partial charge on any atom is 0.338 e. The molecule has 2 heterocycles. The fraction of sp³-hybridized carbons (Fsp3) is 0.192. The number of esters is 1. The van der Waals surface area contributed by atoms with Crippen molar-refractivity contribution in [2.75, 3.05) is 20.8 Å².